The van der Waals surface area contributed by atoms with Gasteiger partial charge in [0.15, 0.2) is 25.2 Å². The summed E-state index contributed by atoms with van der Waals surface area (Å²) in [5, 5.41) is 0. The lowest BCUT2D eigenvalue weighted by atomic mass is 9.83. The van der Waals surface area contributed by atoms with Crippen molar-refractivity contribution < 1.29 is 28.5 Å². The number of hydrogen-bond donors (Lipinski definition) is 0. The molecule has 0 bridgehead atoms. The van der Waals surface area contributed by atoms with Crippen molar-refractivity contribution in [2.45, 2.75) is 39.5 Å². The van der Waals surface area contributed by atoms with Gasteiger partial charge in [0.1, 0.15) is 11.5 Å². The lowest BCUT2D eigenvalue weighted by Crippen LogP contribution is -2.23. The number of benzene rings is 2. The molecule has 0 N–H and O–H groups in total. The summed E-state index contributed by atoms with van der Waals surface area (Å²) >= 11 is 0. The van der Waals surface area contributed by atoms with Gasteiger partial charge in [0.2, 0.25) is 0 Å². The van der Waals surface area contributed by atoms with E-state index < -0.39 is 0 Å². The van der Waals surface area contributed by atoms with E-state index in [2.05, 4.69) is 13.8 Å². The van der Waals surface area contributed by atoms with Crippen molar-refractivity contribution in [1.29, 1.82) is 0 Å². The fourth-order valence-electron chi connectivity index (χ4n) is 3.24. The van der Waals surface area contributed by atoms with Crippen molar-refractivity contribution in [2.75, 3.05) is 26.8 Å². The van der Waals surface area contributed by atoms with E-state index in [0.29, 0.717) is 35.8 Å². The Hall–Kier alpha value is -2.70. The van der Waals surface area contributed by atoms with Crippen LogP contribution in [0.4, 0.5) is 0 Å². The fourth-order valence-corrected chi connectivity index (χ4v) is 3.24. The molecule has 30 heavy (non-hydrogen) atoms. The molecule has 1 aliphatic rings. The number of unbranched alkanes of at least 4 members (excludes halogenated alkanes) is 2. The van der Waals surface area contributed by atoms with Crippen LogP contribution in [0.2, 0.25) is 0 Å². The third-order valence-electron chi connectivity index (χ3n) is 4.88. The van der Waals surface area contributed by atoms with Gasteiger partial charge >= 0.3 is 0 Å². The summed E-state index contributed by atoms with van der Waals surface area (Å²) in [4.78, 5) is 26.4. The molecular weight excluding hydrogens is 384 g/mol. The first-order valence-electron chi connectivity index (χ1n) is 10.5. The second-order valence-electron chi connectivity index (χ2n) is 7.06. The normalized spacial score (nSPS) is 12.5. The monoisotopic (exact) mass is 412 g/mol. The molecule has 1 aliphatic carbocycles. The van der Waals surface area contributed by atoms with Crippen LogP contribution in [0.15, 0.2) is 36.4 Å². The van der Waals surface area contributed by atoms with E-state index in [9.17, 15) is 9.59 Å². The molecule has 0 fully saturated rings. The lowest BCUT2D eigenvalue weighted by Gasteiger charge is -2.22. The predicted molar refractivity (Wildman–Crippen MR) is 112 cm³/mol. The van der Waals surface area contributed by atoms with Crippen LogP contribution in [0.1, 0.15) is 71.4 Å². The molecule has 2 aromatic carbocycles. The number of carbonyl (C=O) groups is 2. The number of ketones is 2. The van der Waals surface area contributed by atoms with Gasteiger partial charge in [0.25, 0.3) is 0 Å². The first kappa shape index (κ1) is 22.0. The first-order valence-corrected chi connectivity index (χ1v) is 10.5. The van der Waals surface area contributed by atoms with Crippen molar-refractivity contribution in [2.24, 2.45) is 0 Å². The van der Waals surface area contributed by atoms with Crippen LogP contribution < -0.4 is 9.47 Å². The van der Waals surface area contributed by atoms with Crippen LogP contribution >= 0.6 is 0 Å². The van der Waals surface area contributed by atoms with Crippen molar-refractivity contribution in [3.05, 3.63) is 58.7 Å². The van der Waals surface area contributed by atoms with Gasteiger partial charge in [0.05, 0.1) is 24.3 Å². The van der Waals surface area contributed by atoms with Gasteiger partial charge in [-0.15, -0.1) is 0 Å². The lowest BCUT2D eigenvalue weighted by molar-refractivity contribution is 0.0130. The van der Waals surface area contributed by atoms with Crippen LogP contribution in [-0.4, -0.2) is 38.4 Å². The average Bonchev–Trinajstić information content (AvgIpc) is 2.77. The molecule has 0 radical (unpaired) electrons. The molecule has 0 amide bonds. The zero-order valence-corrected chi connectivity index (χ0v) is 17.6. The smallest absolute Gasteiger partial charge is 0.198 e. The Balaban J connectivity index is 1.80. The minimum Gasteiger partial charge on any atom is -0.467 e. The predicted octanol–water partition coefficient (Wildman–Crippen LogP) is 4.77. The summed E-state index contributed by atoms with van der Waals surface area (Å²) < 4.78 is 22.2. The quantitative estimate of drug-likeness (QED) is 0.315. The molecule has 0 aliphatic heterocycles. The average molecular weight is 412 g/mol. The number of carbonyl (C=O) groups excluding carboxylic acids is 2. The topological polar surface area (TPSA) is 71.1 Å². The summed E-state index contributed by atoms with van der Waals surface area (Å²) in [5.74, 6) is 0.173. The molecule has 0 atom stereocenters. The maximum Gasteiger partial charge on any atom is 0.198 e. The minimum absolute atomic E-state index is 0.0308. The second kappa shape index (κ2) is 10.9. The Bertz CT molecular complexity index is 816. The Morgan fingerprint density at radius 3 is 1.50 bits per heavy atom. The standard InChI is InChI=1S/C24H28O6/c1-3-5-13-27-15-29-19-11-7-9-17-21(19)23(25)18-10-8-12-20(22(18)24(17)26)30-16-28-14-6-4-2/h7-12H,3-6,13-16H2,1-2H3. The van der Waals surface area contributed by atoms with E-state index >= 15 is 0 Å². The first-order chi connectivity index (χ1) is 14.7. The van der Waals surface area contributed by atoms with E-state index in [4.69, 9.17) is 18.9 Å². The molecule has 0 heterocycles. The van der Waals surface area contributed by atoms with E-state index in [1.165, 1.54) is 0 Å². The van der Waals surface area contributed by atoms with Crippen LogP contribution in [0.25, 0.3) is 0 Å². The van der Waals surface area contributed by atoms with Crippen molar-refractivity contribution >= 4 is 11.6 Å². The van der Waals surface area contributed by atoms with Gasteiger partial charge in [-0.2, -0.15) is 0 Å². The molecule has 0 saturated heterocycles. The Kier molecular flexibility index (Phi) is 7.99. The van der Waals surface area contributed by atoms with E-state index in [1.807, 2.05) is 0 Å². The van der Waals surface area contributed by atoms with Gasteiger partial charge in [0, 0.05) is 11.1 Å². The van der Waals surface area contributed by atoms with Crippen molar-refractivity contribution in [3.63, 3.8) is 0 Å². The summed E-state index contributed by atoms with van der Waals surface area (Å²) in [5.41, 5.74) is 1.15. The summed E-state index contributed by atoms with van der Waals surface area (Å²) in [6.45, 7) is 5.39. The Labute approximate surface area is 177 Å². The summed E-state index contributed by atoms with van der Waals surface area (Å²) in [7, 11) is 0. The van der Waals surface area contributed by atoms with Crippen molar-refractivity contribution in [1.82, 2.24) is 0 Å². The zero-order chi connectivity index (χ0) is 21.3. The largest absolute Gasteiger partial charge is 0.467 e. The number of ether oxygens (including phenoxy) is 4. The number of hydrogen-bond acceptors (Lipinski definition) is 6. The van der Waals surface area contributed by atoms with Gasteiger partial charge < -0.3 is 18.9 Å². The number of fused-ring (bicyclic) bond motifs is 2. The molecule has 0 spiro atoms. The molecule has 6 heteroatoms. The van der Waals surface area contributed by atoms with E-state index in [1.54, 1.807) is 36.4 Å². The van der Waals surface area contributed by atoms with Gasteiger partial charge in [-0.1, -0.05) is 51.0 Å². The zero-order valence-electron chi connectivity index (χ0n) is 17.6. The highest BCUT2D eigenvalue weighted by atomic mass is 16.7. The third kappa shape index (κ3) is 4.89. The minimum atomic E-state index is -0.263. The van der Waals surface area contributed by atoms with Gasteiger partial charge in [-0.3, -0.25) is 9.59 Å². The fraction of sp³-hybridized carbons (Fsp3) is 0.417. The SMILES string of the molecule is CCCCOCOc1cccc2c1C(=O)c1cccc(OCOCCCC)c1C2=O. The maximum absolute atomic E-state index is 13.2. The number of rotatable bonds is 12. The van der Waals surface area contributed by atoms with Crippen LogP contribution in [-0.2, 0) is 9.47 Å². The molecular formula is C24H28O6. The molecule has 160 valence electrons. The molecule has 3 rings (SSSR count). The van der Waals surface area contributed by atoms with Crippen LogP contribution in [0.5, 0.6) is 11.5 Å². The van der Waals surface area contributed by atoms with E-state index in [0.717, 1.165) is 25.7 Å². The Morgan fingerprint density at radius 2 is 1.10 bits per heavy atom. The van der Waals surface area contributed by atoms with Crippen LogP contribution in [0, 0.1) is 0 Å². The molecule has 2 aromatic rings. The third-order valence-corrected chi connectivity index (χ3v) is 4.88. The van der Waals surface area contributed by atoms with Gasteiger partial charge in [-0.05, 0) is 25.0 Å². The highest BCUT2D eigenvalue weighted by Crippen LogP contribution is 2.37. The highest BCUT2D eigenvalue weighted by Gasteiger charge is 2.34. The maximum atomic E-state index is 13.2. The molecule has 6 nitrogen and oxygen atoms in total. The molecule has 0 unspecified atom stereocenters. The van der Waals surface area contributed by atoms with E-state index in [-0.39, 0.29) is 36.3 Å². The second-order valence-corrected chi connectivity index (χ2v) is 7.06. The highest BCUT2D eigenvalue weighted by molar-refractivity contribution is 6.30. The summed E-state index contributed by atoms with van der Waals surface area (Å²) in [6, 6.07) is 10.0. The Morgan fingerprint density at radius 1 is 0.667 bits per heavy atom. The molecule has 0 saturated carbocycles. The van der Waals surface area contributed by atoms with Crippen LogP contribution in [0.3, 0.4) is 0 Å². The molecule has 0 aromatic heterocycles. The van der Waals surface area contributed by atoms with Crippen molar-refractivity contribution in [3.8, 4) is 11.5 Å². The summed E-state index contributed by atoms with van der Waals surface area (Å²) in [6.07, 6.45) is 3.93. The van der Waals surface area contributed by atoms with Gasteiger partial charge in [-0.25, -0.2) is 0 Å².